The molecule has 11 heteroatoms. The number of hydrogen-bond donors (Lipinski definition) is 1. The van der Waals surface area contributed by atoms with Crippen molar-refractivity contribution < 1.29 is 17.2 Å². The summed E-state index contributed by atoms with van der Waals surface area (Å²) in [5, 5.41) is 6.92. The number of hydrogen-bond acceptors (Lipinski definition) is 6. The summed E-state index contributed by atoms with van der Waals surface area (Å²) in [5.74, 6) is 0.204. The van der Waals surface area contributed by atoms with Crippen molar-refractivity contribution in [3.8, 4) is 10.8 Å². The van der Waals surface area contributed by atoms with Crippen LogP contribution in [-0.4, -0.2) is 28.0 Å². The second-order valence-electron chi connectivity index (χ2n) is 3.89. The largest absolute Gasteiger partial charge is 0.295 e. The number of pyridine rings is 1. The van der Waals surface area contributed by atoms with Gasteiger partial charge in [-0.25, -0.2) is 22.2 Å². The molecule has 6 nitrogen and oxygen atoms in total. The Morgan fingerprint density at radius 3 is 2.71 bits per heavy atom. The fourth-order valence-electron chi connectivity index (χ4n) is 1.71. The van der Waals surface area contributed by atoms with E-state index in [1.165, 1.54) is 22.9 Å². The van der Waals surface area contributed by atoms with Crippen molar-refractivity contribution >= 4 is 39.2 Å². The van der Waals surface area contributed by atoms with E-state index in [0.717, 1.165) is 0 Å². The first-order valence-electron chi connectivity index (χ1n) is 5.40. The van der Waals surface area contributed by atoms with Gasteiger partial charge in [0.2, 0.25) is 0 Å². The number of halogens is 3. The van der Waals surface area contributed by atoms with Crippen LogP contribution in [0.15, 0.2) is 23.4 Å². The number of thiol groups is 1. The molecule has 3 aromatic rings. The first-order chi connectivity index (χ1) is 9.97. The highest BCUT2D eigenvalue weighted by atomic mass is 35.5. The van der Waals surface area contributed by atoms with Crippen LogP contribution < -0.4 is 0 Å². The van der Waals surface area contributed by atoms with Crippen molar-refractivity contribution in [3.63, 3.8) is 0 Å². The van der Waals surface area contributed by atoms with Crippen LogP contribution >= 0.6 is 22.9 Å². The summed E-state index contributed by atoms with van der Waals surface area (Å²) in [6.07, 6.45) is -0.0145. The van der Waals surface area contributed by atoms with Crippen LogP contribution in [0.2, 0.25) is 5.02 Å². The molecule has 3 aromatic heterocycles. The maximum Gasteiger partial charge on any atom is 0.291 e. The molecule has 0 aliphatic rings. The third kappa shape index (κ3) is 2.49. The van der Waals surface area contributed by atoms with Crippen LogP contribution in [0.25, 0.3) is 16.3 Å². The van der Waals surface area contributed by atoms with Gasteiger partial charge in [-0.2, -0.15) is 0 Å². The molecule has 0 saturated carbocycles. The number of aromatic nitrogens is 4. The van der Waals surface area contributed by atoms with Crippen molar-refractivity contribution in [1.29, 1.82) is 0 Å². The van der Waals surface area contributed by atoms with E-state index in [1.807, 2.05) is 0 Å². The van der Waals surface area contributed by atoms with Crippen LogP contribution in [0.5, 0.6) is 0 Å². The van der Waals surface area contributed by atoms with Crippen molar-refractivity contribution in [2.45, 2.75) is 11.3 Å². The Kier molecular flexibility index (Phi) is 3.59. The summed E-state index contributed by atoms with van der Waals surface area (Å²) in [4.78, 5) is 4.03. The highest BCUT2D eigenvalue weighted by Crippen LogP contribution is 2.30. The van der Waals surface area contributed by atoms with E-state index >= 15 is 0 Å². The second kappa shape index (κ2) is 5.28. The summed E-state index contributed by atoms with van der Waals surface area (Å²) in [6, 6.07) is 1.29. The molecule has 21 heavy (non-hydrogen) atoms. The number of fused-ring (bicyclic) bond motifs is 1. The Hall–Kier alpha value is -1.65. The molecule has 3 heterocycles. The van der Waals surface area contributed by atoms with Gasteiger partial charge in [-0.1, -0.05) is 22.9 Å². The van der Waals surface area contributed by atoms with Gasteiger partial charge < -0.3 is 0 Å². The molecule has 0 amide bonds. The third-order valence-corrected chi connectivity index (χ3v) is 4.50. The summed E-state index contributed by atoms with van der Waals surface area (Å²) in [7, 11) is -2.84. The van der Waals surface area contributed by atoms with Gasteiger partial charge in [0, 0.05) is 6.20 Å². The average Bonchev–Trinajstić information content (AvgIpc) is 3.04. The molecule has 0 aliphatic carbocycles. The Morgan fingerprint density at radius 2 is 2.10 bits per heavy atom. The first kappa shape index (κ1) is 14.3. The molecule has 0 fully saturated rings. The van der Waals surface area contributed by atoms with Crippen molar-refractivity contribution in [2.24, 2.45) is 0 Å². The van der Waals surface area contributed by atoms with E-state index in [-0.39, 0.29) is 20.8 Å². The Labute approximate surface area is 127 Å². The van der Waals surface area contributed by atoms with Crippen LogP contribution in [-0.2, 0) is 10.7 Å². The van der Waals surface area contributed by atoms with E-state index < -0.39 is 22.1 Å². The maximum absolute atomic E-state index is 12.5. The SMILES string of the molecule is O=[SH](=O)c1cc(Cl)c2cnc(-c3nnc(C(F)F)s3)n2c1. The normalized spacial score (nSPS) is 11.9. The quantitative estimate of drug-likeness (QED) is 0.734. The molecule has 0 saturated heterocycles. The van der Waals surface area contributed by atoms with Crippen LogP contribution in [0.1, 0.15) is 11.4 Å². The highest BCUT2D eigenvalue weighted by molar-refractivity contribution is 7.72. The van der Waals surface area contributed by atoms with Gasteiger partial charge >= 0.3 is 0 Å². The van der Waals surface area contributed by atoms with E-state index in [4.69, 9.17) is 11.6 Å². The summed E-state index contributed by atoms with van der Waals surface area (Å²) < 4.78 is 48.6. The molecule has 3 rings (SSSR count). The molecule has 0 unspecified atom stereocenters. The summed E-state index contributed by atoms with van der Waals surface area (Å²) in [6.45, 7) is 0. The zero-order valence-corrected chi connectivity index (χ0v) is 12.4. The fourth-order valence-corrected chi connectivity index (χ4v) is 3.18. The van der Waals surface area contributed by atoms with E-state index in [1.54, 1.807) is 0 Å². The van der Waals surface area contributed by atoms with E-state index in [2.05, 4.69) is 15.2 Å². The predicted molar refractivity (Wildman–Crippen MR) is 72.6 cm³/mol. The van der Waals surface area contributed by atoms with Gasteiger partial charge in [-0.3, -0.25) is 4.40 Å². The van der Waals surface area contributed by atoms with Crippen LogP contribution in [0.3, 0.4) is 0 Å². The molecule has 0 spiro atoms. The molecular formula is C10H5ClF2N4O2S2. The summed E-state index contributed by atoms with van der Waals surface area (Å²) >= 11 is 6.67. The molecule has 0 bridgehead atoms. The topological polar surface area (TPSA) is 77.2 Å². The van der Waals surface area contributed by atoms with Crippen molar-refractivity contribution in [3.05, 3.63) is 28.5 Å². The zero-order valence-electron chi connectivity index (χ0n) is 9.90. The lowest BCUT2D eigenvalue weighted by molar-refractivity contribution is 0.150. The minimum atomic E-state index is -2.84. The minimum Gasteiger partial charge on any atom is -0.295 e. The van der Waals surface area contributed by atoms with Gasteiger partial charge in [-0.15, -0.1) is 10.2 Å². The predicted octanol–water partition coefficient (Wildman–Crippen LogP) is 2.41. The second-order valence-corrected chi connectivity index (χ2v) is 6.33. The Morgan fingerprint density at radius 1 is 1.33 bits per heavy atom. The van der Waals surface area contributed by atoms with E-state index in [9.17, 15) is 17.2 Å². The maximum atomic E-state index is 12.5. The monoisotopic (exact) mass is 350 g/mol. The Bertz CT molecular complexity index is 898. The Balaban J connectivity index is 2.22. The van der Waals surface area contributed by atoms with Gasteiger partial charge in [0.15, 0.2) is 26.5 Å². The number of imidazole rings is 1. The third-order valence-electron chi connectivity index (χ3n) is 2.61. The molecule has 0 N–H and O–H groups in total. The highest BCUT2D eigenvalue weighted by Gasteiger charge is 2.19. The van der Waals surface area contributed by atoms with E-state index in [0.29, 0.717) is 16.9 Å². The number of alkyl halides is 2. The van der Waals surface area contributed by atoms with Gasteiger partial charge in [0.25, 0.3) is 6.43 Å². The molecule has 110 valence electrons. The zero-order chi connectivity index (χ0) is 15.1. The first-order valence-corrected chi connectivity index (χ1v) is 7.77. The lowest BCUT2D eigenvalue weighted by Gasteiger charge is -2.01. The van der Waals surface area contributed by atoms with Gasteiger partial charge in [-0.05, 0) is 6.07 Å². The van der Waals surface area contributed by atoms with Gasteiger partial charge in [0.1, 0.15) is 0 Å². The molecule has 0 radical (unpaired) electrons. The molecule has 0 atom stereocenters. The minimum absolute atomic E-state index is 0.0136. The average molecular weight is 351 g/mol. The number of nitrogens with zero attached hydrogens (tertiary/aromatic N) is 4. The number of rotatable bonds is 3. The van der Waals surface area contributed by atoms with Crippen molar-refractivity contribution in [1.82, 2.24) is 19.6 Å². The molecular weight excluding hydrogens is 346 g/mol. The summed E-state index contributed by atoms with van der Waals surface area (Å²) in [5.41, 5.74) is 0.445. The molecule has 0 aliphatic heterocycles. The fraction of sp³-hybridized carbons (Fsp3) is 0.100. The van der Waals surface area contributed by atoms with Crippen molar-refractivity contribution in [2.75, 3.05) is 0 Å². The molecule has 0 aromatic carbocycles. The van der Waals surface area contributed by atoms with Crippen LogP contribution in [0.4, 0.5) is 8.78 Å². The lowest BCUT2D eigenvalue weighted by atomic mass is 10.4. The lowest BCUT2D eigenvalue weighted by Crippen LogP contribution is -1.92. The standard InChI is InChI=1S/C10H5ClF2N4O2S2/c11-5-1-4(21(18)19)3-17-6(5)2-14-8(17)10-16-15-9(20-10)7(12)13/h1-3,7,21H. The smallest absolute Gasteiger partial charge is 0.291 e. The van der Waals surface area contributed by atoms with Gasteiger partial charge in [0.05, 0.1) is 21.6 Å². The van der Waals surface area contributed by atoms with Crippen LogP contribution in [0, 0.1) is 0 Å².